The predicted octanol–water partition coefficient (Wildman–Crippen LogP) is 5.98. The van der Waals surface area contributed by atoms with Crippen LogP contribution in [0.25, 0.3) is 6.08 Å². The van der Waals surface area contributed by atoms with Gasteiger partial charge in [0, 0.05) is 21.5 Å². The summed E-state index contributed by atoms with van der Waals surface area (Å²) in [5.41, 5.74) is 2.76. The van der Waals surface area contributed by atoms with Crippen LogP contribution in [0.15, 0.2) is 101 Å². The van der Waals surface area contributed by atoms with Gasteiger partial charge in [0.25, 0.3) is 11.8 Å². The third kappa shape index (κ3) is 7.64. The van der Waals surface area contributed by atoms with Crippen molar-refractivity contribution in [3.8, 4) is 0 Å². The molecule has 4 aromatic rings. The molecule has 1 aromatic heterocycles. The number of aryl methyl sites for hydroxylation is 1. The molecule has 4 rings (SSSR count). The average molecular weight is 543 g/mol. The van der Waals surface area contributed by atoms with Gasteiger partial charge in [-0.2, -0.15) is 0 Å². The van der Waals surface area contributed by atoms with Crippen molar-refractivity contribution in [1.82, 2.24) is 10.3 Å². The van der Waals surface area contributed by atoms with E-state index in [0.717, 1.165) is 16.2 Å². The van der Waals surface area contributed by atoms with E-state index < -0.39 is 5.91 Å². The predicted molar refractivity (Wildman–Crippen MR) is 154 cm³/mol. The number of hydrogen-bond acceptors (Lipinski definition) is 6. The van der Waals surface area contributed by atoms with E-state index in [4.69, 9.17) is 0 Å². The monoisotopic (exact) mass is 542 g/mol. The number of carbonyl (C=O) groups is 3. The molecule has 0 bridgehead atoms. The number of rotatable bonds is 9. The molecule has 0 aliphatic rings. The topological polar surface area (TPSA) is 100 Å². The Kier molecular flexibility index (Phi) is 9.07. The van der Waals surface area contributed by atoms with Crippen LogP contribution in [0.1, 0.15) is 28.5 Å². The molecule has 9 heteroatoms. The largest absolute Gasteiger partial charge is 0.321 e. The van der Waals surface area contributed by atoms with Crippen molar-refractivity contribution >= 4 is 57.7 Å². The lowest BCUT2D eigenvalue weighted by Crippen LogP contribution is -2.30. The van der Waals surface area contributed by atoms with Gasteiger partial charge in [-0.1, -0.05) is 48.5 Å². The average Bonchev–Trinajstić information content (AvgIpc) is 3.34. The van der Waals surface area contributed by atoms with Gasteiger partial charge in [-0.3, -0.25) is 14.4 Å². The first-order chi connectivity index (χ1) is 18.4. The van der Waals surface area contributed by atoms with E-state index in [2.05, 4.69) is 20.9 Å². The Labute approximate surface area is 229 Å². The van der Waals surface area contributed by atoms with Crippen molar-refractivity contribution in [2.45, 2.75) is 24.0 Å². The molecule has 192 valence electrons. The lowest BCUT2D eigenvalue weighted by molar-refractivity contribution is -0.115. The van der Waals surface area contributed by atoms with Gasteiger partial charge in [0.2, 0.25) is 5.91 Å². The number of anilines is 2. The van der Waals surface area contributed by atoms with Gasteiger partial charge in [-0.25, -0.2) is 4.98 Å². The van der Waals surface area contributed by atoms with E-state index in [9.17, 15) is 14.4 Å². The van der Waals surface area contributed by atoms with Gasteiger partial charge in [0.05, 0.1) is 10.9 Å². The van der Waals surface area contributed by atoms with E-state index >= 15 is 0 Å². The zero-order valence-corrected chi connectivity index (χ0v) is 22.4. The molecule has 38 heavy (non-hydrogen) atoms. The molecule has 0 aliphatic carbocycles. The molecule has 0 radical (unpaired) electrons. The summed E-state index contributed by atoms with van der Waals surface area (Å²) in [5, 5.41) is 10.5. The molecular weight excluding hydrogens is 516 g/mol. The van der Waals surface area contributed by atoms with Crippen LogP contribution in [0.2, 0.25) is 0 Å². The molecule has 3 amide bonds. The minimum Gasteiger partial charge on any atom is -0.321 e. The summed E-state index contributed by atoms with van der Waals surface area (Å²) in [7, 11) is 0. The van der Waals surface area contributed by atoms with Gasteiger partial charge in [-0.05, 0) is 61.9 Å². The molecule has 1 heterocycles. The minimum absolute atomic E-state index is 0.117. The SMILES string of the molecule is Cc1csc(NC(=O)C(C)Sc2ccc(NC(=O)/C(=C/c3ccccc3)NC(=O)c3ccccc3)cc2)n1. The van der Waals surface area contributed by atoms with Crippen LogP contribution in [-0.4, -0.2) is 28.0 Å². The van der Waals surface area contributed by atoms with Gasteiger partial charge in [0.1, 0.15) is 5.70 Å². The molecule has 0 saturated heterocycles. The number of hydrogen-bond donors (Lipinski definition) is 3. The summed E-state index contributed by atoms with van der Waals surface area (Å²) in [4.78, 5) is 43.5. The number of carbonyl (C=O) groups excluding carboxylic acids is 3. The van der Waals surface area contributed by atoms with E-state index in [-0.39, 0.29) is 22.8 Å². The summed E-state index contributed by atoms with van der Waals surface area (Å²) >= 11 is 2.79. The highest BCUT2D eigenvalue weighted by atomic mass is 32.2. The van der Waals surface area contributed by atoms with E-state index in [0.29, 0.717) is 16.4 Å². The Morgan fingerprint density at radius 1 is 0.895 bits per heavy atom. The molecule has 0 fully saturated rings. The van der Waals surface area contributed by atoms with Crippen LogP contribution in [0.5, 0.6) is 0 Å². The van der Waals surface area contributed by atoms with E-state index in [1.165, 1.54) is 23.1 Å². The third-order valence-corrected chi connectivity index (χ3v) is 7.27. The maximum absolute atomic E-state index is 13.2. The standard InChI is InChI=1S/C29H26N4O3S2/c1-19-18-37-29(30-19)33-26(34)20(2)38-24-15-13-23(14-16-24)31-28(36)25(17-21-9-5-3-6-10-21)32-27(35)22-11-7-4-8-12-22/h3-18,20H,1-2H3,(H,31,36)(H,32,35)(H,30,33,34)/b25-17-. The number of nitrogens with zero attached hydrogens (tertiary/aromatic N) is 1. The molecule has 3 aromatic carbocycles. The van der Waals surface area contributed by atoms with Gasteiger partial charge < -0.3 is 16.0 Å². The number of amides is 3. The zero-order valence-electron chi connectivity index (χ0n) is 20.8. The summed E-state index contributed by atoms with van der Waals surface area (Å²) in [6, 6.07) is 25.2. The van der Waals surface area contributed by atoms with Gasteiger partial charge >= 0.3 is 0 Å². The molecular formula is C29H26N4O3S2. The number of aromatic nitrogens is 1. The molecule has 1 unspecified atom stereocenters. The van der Waals surface area contributed by atoms with Crippen molar-refractivity contribution in [3.63, 3.8) is 0 Å². The van der Waals surface area contributed by atoms with Crippen molar-refractivity contribution in [2.24, 2.45) is 0 Å². The fraction of sp³-hybridized carbons (Fsp3) is 0.103. The van der Waals surface area contributed by atoms with E-state index in [1.54, 1.807) is 42.5 Å². The second kappa shape index (κ2) is 12.8. The Hall–Kier alpha value is -4.21. The Morgan fingerprint density at radius 3 is 2.18 bits per heavy atom. The number of nitrogens with one attached hydrogen (secondary N) is 3. The van der Waals surface area contributed by atoms with Crippen molar-refractivity contribution in [1.29, 1.82) is 0 Å². The lowest BCUT2D eigenvalue weighted by Gasteiger charge is -2.13. The highest BCUT2D eigenvalue weighted by molar-refractivity contribution is 8.00. The molecule has 0 saturated carbocycles. The summed E-state index contributed by atoms with van der Waals surface area (Å²) in [5.74, 6) is -0.966. The van der Waals surface area contributed by atoms with Crippen molar-refractivity contribution in [3.05, 3.63) is 113 Å². The second-order valence-corrected chi connectivity index (χ2v) is 10.6. The molecule has 3 N–H and O–H groups in total. The maximum atomic E-state index is 13.2. The highest BCUT2D eigenvalue weighted by Crippen LogP contribution is 2.26. The quantitative estimate of drug-likeness (QED) is 0.178. The van der Waals surface area contributed by atoms with Crippen LogP contribution in [0.3, 0.4) is 0 Å². The van der Waals surface area contributed by atoms with Crippen LogP contribution in [-0.2, 0) is 9.59 Å². The van der Waals surface area contributed by atoms with Gasteiger partial charge in [-0.15, -0.1) is 23.1 Å². The zero-order chi connectivity index (χ0) is 26.9. The first-order valence-electron chi connectivity index (χ1n) is 11.8. The lowest BCUT2D eigenvalue weighted by atomic mass is 10.1. The Bertz CT molecular complexity index is 1440. The molecule has 1 atom stereocenters. The molecule has 7 nitrogen and oxygen atoms in total. The summed E-state index contributed by atoms with van der Waals surface area (Å²) < 4.78 is 0. The normalized spacial score (nSPS) is 11.9. The number of thioether (sulfide) groups is 1. The van der Waals surface area contributed by atoms with Crippen LogP contribution in [0, 0.1) is 6.92 Å². The van der Waals surface area contributed by atoms with Gasteiger partial charge in [0.15, 0.2) is 5.13 Å². The van der Waals surface area contributed by atoms with E-state index in [1.807, 2.05) is 67.8 Å². The second-order valence-electron chi connectivity index (χ2n) is 8.31. The number of thiazole rings is 1. The smallest absolute Gasteiger partial charge is 0.272 e. The van der Waals surface area contributed by atoms with Crippen LogP contribution in [0.4, 0.5) is 10.8 Å². The van der Waals surface area contributed by atoms with Crippen molar-refractivity contribution < 1.29 is 14.4 Å². The minimum atomic E-state index is -0.454. The first kappa shape index (κ1) is 26.8. The van der Waals surface area contributed by atoms with Crippen molar-refractivity contribution in [2.75, 3.05) is 10.6 Å². The fourth-order valence-corrected chi connectivity index (χ4v) is 4.91. The summed E-state index contributed by atoms with van der Waals surface area (Å²) in [6.45, 7) is 3.70. The molecule has 0 aliphatic heterocycles. The van der Waals surface area contributed by atoms with Crippen LogP contribution < -0.4 is 16.0 Å². The molecule has 0 spiro atoms. The fourth-order valence-electron chi connectivity index (χ4n) is 3.35. The number of benzene rings is 3. The van der Waals surface area contributed by atoms with Crippen LogP contribution >= 0.6 is 23.1 Å². The summed E-state index contributed by atoms with van der Waals surface area (Å²) in [6.07, 6.45) is 1.63. The Morgan fingerprint density at radius 2 is 1.55 bits per heavy atom. The third-order valence-electron chi connectivity index (χ3n) is 5.28. The first-order valence-corrected chi connectivity index (χ1v) is 13.6. The maximum Gasteiger partial charge on any atom is 0.272 e. The highest BCUT2D eigenvalue weighted by Gasteiger charge is 2.17. The Balaban J connectivity index is 1.41.